The minimum atomic E-state index is -0.563. The summed E-state index contributed by atoms with van der Waals surface area (Å²) in [5.74, 6) is -0.866. The molecule has 0 bridgehead atoms. The predicted octanol–water partition coefficient (Wildman–Crippen LogP) is 5.22. The minimum absolute atomic E-state index is 0.109. The van der Waals surface area contributed by atoms with Crippen molar-refractivity contribution in [2.75, 3.05) is 5.32 Å². The maximum atomic E-state index is 13.8. The molecule has 0 saturated carbocycles. The number of carbonyl (C=O) groups is 1. The smallest absolute Gasteiger partial charge is 0.237 e. The van der Waals surface area contributed by atoms with Gasteiger partial charge in [0.1, 0.15) is 22.0 Å². The largest absolute Gasteiger partial charge is 0.323 e. The van der Waals surface area contributed by atoms with Crippen LogP contribution < -0.4 is 5.32 Å². The number of hydrogen-bond acceptors (Lipinski definition) is 5. The van der Waals surface area contributed by atoms with Gasteiger partial charge in [-0.05, 0) is 44.5 Å². The molecule has 3 aromatic rings. The number of carbonyl (C=O) groups excluding carboxylic acids is 1. The number of aromatic nitrogens is 2. The number of fused-ring (bicyclic) bond motifs is 1. The average molecular weight is 396 g/mol. The second-order valence-electron chi connectivity index (χ2n) is 5.52. The molecule has 0 aliphatic rings. The van der Waals surface area contributed by atoms with E-state index in [1.165, 1.54) is 41.2 Å². The molecule has 0 aliphatic heterocycles. The van der Waals surface area contributed by atoms with Crippen molar-refractivity contribution in [3.63, 3.8) is 0 Å². The average Bonchev–Trinajstić information content (AvgIpc) is 2.85. The summed E-state index contributed by atoms with van der Waals surface area (Å²) in [6, 6.07) is 4.15. The van der Waals surface area contributed by atoms with Crippen LogP contribution in [0.4, 0.5) is 10.1 Å². The van der Waals surface area contributed by atoms with Crippen molar-refractivity contribution in [2.45, 2.75) is 31.0 Å². The van der Waals surface area contributed by atoms with Crippen LogP contribution in [0.5, 0.6) is 0 Å². The number of nitrogens with zero attached hydrogens (tertiary/aromatic N) is 2. The molecule has 1 aromatic carbocycles. The van der Waals surface area contributed by atoms with Gasteiger partial charge in [-0.1, -0.05) is 23.4 Å². The molecule has 4 nitrogen and oxygen atoms in total. The first-order valence-corrected chi connectivity index (χ1v) is 9.57. The third-order valence-electron chi connectivity index (χ3n) is 3.78. The molecule has 8 heteroatoms. The van der Waals surface area contributed by atoms with Crippen molar-refractivity contribution in [1.82, 2.24) is 9.97 Å². The first-order chi connectivity index (χ1) is 11.9. The van der Waals surface area contributed by atoms with E-state index in [2.05, 4.69) is 15.3 Å². The van der Waals surface area contributed by atoms with Gasteiger partial charge in [-0.25, -0.2) is 14.4 Å². The number of anilines is 1. The molecular formula is C17H15ClFN3OS2. The molecule has 1 amide bonds. The first kappa shape index (κ1) is 18.1. The van der Waals surface area contributed by atoms with E-state index >= 15 is 0 Å². The van der Waals surface area contributed by atoms with Crippen molar-refractivity contribution in [3.05, 3.63) is 45.8 Å². The zero-order chi connectivity index (χ0) is 18.1. The van der Waals surface area contributed by atoms with Gasteiger partial charge in [-0.3, -0.25) is 4.79 Å². The van der Waals surface area contributed by atoms with Crippen LogP contribution in [0.25, 0.3) is 10.2 Å². The van der Waals surface area contributed by atoms with Gasteiger partial charge in [0.05, 0.1) is 10.9 Å². The van der Waals surface area contributed by atoms with Crippen molar-refractivity contribution < 1.29 is 9.18 Å². The van der Waals surface area contributed by atoms with Crippen molar-refractivity contribution in [3.8, 4) is 0 Å². The summed E-state index contributed by atoms with van der Waals surface area (Å²) in [7, 11) is 0. The van der Waals surface area contributed by atoms with Gasteiger partial charge in [0.2, 0.25) is 5.91 Å². The Morgan fingerprint density at radius 2 is 2.12 bits per heavy atom. The van der Waals surface area contributed by atoms with Gasteiger partial charge in [0.25, 0.3) is 0 Å². The fourth-order valence-electron chi connectivity index (χ4n) is 2.29. The van der Waals surface area contributed by atoms with Crippen LogP contribution in [0.3, 0.4) is 0 Å². The molecule has 25 heavy (non-hydrogen) atoms. The first-order valence-electron chi connectivity index (χ1n) is 7.50. The summed E-state index contributed by atoms with van der Waals surface area (Å²) < 4.78 is 13.8. The Hall–Kier alpha value is -1.70. The third-order valence-corrected chi connectivity index (χ3v) is 6.23. The molecule has 0 fully saturated rings. The Kier molecular flexibility index (Phi) is 5.27. The van der Waals surface area contributed by atoms with Crippen LogP contribution in [0, 0.1) is 19.7 Å². The van der Waals surface area contributed by atoms with E-state index in [9.17, 15) is 9.18 Å². The number of halogens is 2. The highest BCUT2D eigenvalue weighted by Gasteiger charge is 2.20. The number of nitrogens with one attached hydrogen (secondary N) is 1. The Bertz CT molecular complexity index is 960. The monoisotopic (exact) mass is 395 g/mol. The molecule has 0 radical (unpaired) electrons. The lowest BCUT2D eigenvalue weighted by Gasteiger charge is -2.13. The van der Waals surface area contributed by atoms with Crippen molar-refractivity contribution in [2.24, 2.45) is 0 Å². The Labute approximate surface area is 157 Å². The van der Waals surface area contributed by atoms with E-state index in [-0.39, 0.29) is 16.6 Å². The molecule has 2 aromatic heterocycles. The van der Waals surface area contributed by atoms with E-state index in [4.69, 9.17) is 11.6 Å². The zero-order valence-corrected chi connectivity index (χ0v) is 16.2. The quantitative estimate of drug-likeness (QED) is 0.486. The molecule has 0 aliphatic carbocycles. The second-order valence-corrected chi connectivity index (χ2v) is 8.48. The third kappa shape index (κ3) is 3.78. The second kappa shape index (κ2) is 7.27. The summed E-state index contributed by atoms with van der Waals surface area (Å²) in [6.07, 6.45) is 1.50. The topological polar surface area (TPSA) is 54.9 Å². The number of aryl methyl sites for hydroxylation is 2. The van der Waals surface area contributed by atoms with Crippen LogP contribution in [-0.4, -0.2) is 21.1 Å². The molecule has 0 spiro atoms. The van der Waals surface area contributed by atoms with Gasteiger partial charge in [-0.2, -0.15) is 0 Å². The van der Waals surface area contributed by atoms with Crippen LogP contribution in [0.15, 0.2) is 29.6 Å². The van der Waals surface area contributed by atoms with E-state index in [1.54, 1.807) is 18.3 Å². The van der Waals surface area contributed by atoms with Crippen LogP contribution in [0.2, 0.25) is 5.02 Å². The molecular weight excluding hydrogens is 381 g/mol. The lowest BCUT2D eigenvalue weighted by atomic mass is 10.2. The molecule has 0 unspecified atom stereocenters. The number of hydrogen-bond donors (Lipinski definition) is 1. The van der Waals surface area contributed by atoms with E-state index in [0.717, 1.165) is 20.8 Å². The molecule has 0 saturated heterocycles. The maximum Gasteiger partial charge on any atom is 0.237 e. The molecule has 2 heterocycles. The van der Waals surface area contributed by atoms with Crippen LogP contribution in [0.1, 0.15) is 17.4 Å². The van der Waals surface area contributed by atoms with E-state index < -0.39 is 11.1 Å². The van der Waals surface area contributed by atoms with Gasteiger partial charge >= 0.3 is 0 Å². The normalized spacial score (nSPS) is 12.4. The fraction of sp³-hybridized carbons (Fsp3) is 0.235. The van der Waals surface area contributed by atoms with Gasteiger partial charge in [0.15, 0.2) is 0 Å². The Morgan fingerprint density at radius 3 is 2.84 bits per heavy atom. The molecule has 130 valence electrons. The summed E-state index contributed by atoms with van der Waals surface area (Å²) in [5, 5.41) is 4.16. The van der Waals surface area contributed by atoms with Gasteiger partial charge < -0.3 is 5.32 Å². The highest BCUT2D eigenvalue weighted by molar-refractivity contribution is 8.00. The lowest BCUT2D eigenvalue weighted by molar-refractivity contribution is -0.115. The number of thioether (sulfide) groups is 1. The Morgan fingerprint density at radius 1 is 1.36 bits per heavy atom. The lowest BCUT2D eigenvalue weighted by Crippen LogP contribution is -2.23. The van der Waals surface area contributed by atoms with Crippen molar-refractivity contribution in [1.29, 1.82) is 0 Å². The summed E-state index contributed by atoms with van der Waals surface area (Å²) in [6.45, 7) is 5.82. The SMILES string of the molecule is Cc1sc2ncnc(S[C@H](C)C(=O)Nc3ccc(Cl)cc3F)c2c1C. The highest BCUT2D eigenvalue weighted by atomic mass is 35.5. The number of benzene rings is 1. The number of rotatable bonds is 4. The van der Waals surface area contributed by atoms with Crippen LogP contribution >= 0.6 is 34.7 Å². The standard InChI is InChI=1S/C17H15ClFN3OS2/c1-8-9(2)24-16-14(8)17(21-7-20-16)25-10(3)15(23)22-13-5-4-11(18)6-12(13)19/h4-7,10H,1-3H3,(H,22,23)/t10-/m1/s1. The van der Waals surface area contributed by atoms with E-state index in [0.29, 0.717) is 0 Å². The zero-order valence-electron chi connectivity index (χ0n) is 13.8. The predicted molar refractivity (Wildman–Crippen MR) is 102 cm³/mol. The van der Waals surface area contributed by atoms with Gasteiger partial charge in [0, 0.05) is 15.3 Å². The van der Waals surface area contributed by atoms with E-state index in [1.807, 2.05) is 13.8 Å². The summed E-state index contributed by atoms with van der Waals surface area (Å²) >= 11 is 8.66. The Balaban J connectivity index is 1.80. The highest BCUT2D eigenvalue weighted by Crippen LogP contribution is 2.36. The number of thiophene rings is 1. The van der Waals surface area contributed by atoms with Crippen LogP contribution in [-0.2, 0) is 4.79 Å². The summed E-state index contributed by atoms with van der Waals surface area (Å²) in [5.41, 5.74) is 1.23. The van der Waals surface area contributed by atoms with Crippen molar-refractivity contribution >= 4 is 56.5 Å². The fourth-order valence-corrected chi connectivity index (χ4v) is 4.48. The summed E-state index contributed by atoms with van der Waals surface area (Å²) in [4.78, 5) is 23.1. The minimum Gasteiger partial charge on any atom is -0.323 e. The number of amides is 1. The molecule has 1 atom stereocenters. The van der Waals surface area contributed by atoms with Gasteiger partial charge in [-0.15, -0.1) is 11.3 Å². The molecule has 3 rings (SSSR count). The maximum absolute atomic E-state index is 13.8. The molecule has 1 N–H and O–H groups in total.